The van der Waals surface area contributed by atoms with Crippen molar-refractivity contribution < 1.29 is 4.74 Å². The molecule has 2 unspecified atom stereocenters. The van der Waals surface area contributed by atoms with E-state index in [0.29, 0.717) is 5.92 Å². The van der Waals surface area contributed by atoms with Crippen molar-refractivity contribution in [2.24, 2.45) is 11.7 Å². The summed E-state index contributed by atoms with van der Waals surface area (Å²) in [5.74, 6) is 1.46. The second-order valence-electron chi connectivity index (χ2n) is 5.51. The fraction of sp³-hybridized carbons (Fsp3) is 0.571. The van der Waals surface area contributed by atoms with Crippen molar-refractivity contribution in [3.63, 3.8) is 0 Å². The normalized spacial score (nSPS) is 35.1. The highest BCUT2D eigenvalue weighted by Crippen LogP contribution is 2.45. The van der Waals surface area contributed by atoms with Crippen LogP contribution in [-0.4, -0.2) is 18.7 Å². The second-order valence-corrected chi connectivity index (χ2v) is 6.43. The van der Waals surface area contributed by atoms with Crippen LogP contribution >= 0.6 is 15.9 Å². The summed E-state index contributed by atoms with van der Waals surface area (Å²) in [6, 6.07) is 6.22. The molecule has 0 aliphatic carbocycles. The molecule has 18 heavy (non-hydrogen) atoms. The maximum atomic E-state index is 6.36. The van der Waals surface area contributed by atoms with E-state index in [4.69, 9.17) is 10.5 Å². The highest BCUT2D eigenvalue weighted by molar-refractivity contribution is 9.10. The zero-order valence-corrected chi connectivity index (χ0v) is 12.2. The van der Waals surface area contributed by atoms with Crippen LogP contribution in [0, 0.1) is 5.92 Å². The summed E-state index contributed by atoms with van der Waals surface area (Å²) in [6.07, 6.45) is 1.96. The predicted octanol–water partition coefficient (Wildman–Crippen LogP) is 2.60. The molecular weight excluding hydrogens is 292 g/mol. The van der Waals surface area contributed by atoms with Crippen molar-refractivity contribution in [3.8, 4) is 5.75 Å². The molecule has 1 spiro atoms. The van der Waals surface area contributed by atoms with Gasteiger partial charge in [-0.25, -0.2) is 0 Å². The van der Waals surface area contributed by atoms with Crippen molar-refractivity contribution in [3.05, 3.63) is 28.2 Å². The molecule has 2 aliphatic rings. The lowest BCUT2D eigenvalue weighted by molar-refractivity contribution is -0.0335. The van der Waals surface area contributed by atoms with E-state index in [1.165, 1.54) is 0 Å². The van der Waals surface area contributed by atoms with Gasteiger partial charge in [0, 0.05) is 35.0 Å². The molecule has 0 bridgehead atoms. The van der Waals surface area contributed by atoms with E-state index >= 15 is 0 Å². The molecule has 4 heteroatoms. The van der Waals surface area contributed by atoms with Gasteiger partial charge in [-0.1, -0.05) is 22.9 Å². The number of nitrogens with two attached hydrogens (primary N) is 1. The van der Waals surface area contributed by atoms with Crippen LogP contribution in [-0.2, 0) is 0 Å². The van der Waals surface area contributed by atoms with E-state index in [0.717, 1.165) is 41.7 Å². The van der Waals surface area contributed by atoms with Gasteiger partial charge in [-0.15, -0.1) is 0 Å². The average Bonchev–Trinajstić information content (AvgIpc) is 2.34. The van der Waals surface area contributed by atoms with Crippen molar-refractivity contribution in [2.75, 3.05) is 13.1 Å². The molecule has 1 aromatic carbocycles. The highest BCUT2D eigenvalue weighted by atomic mass is 79.9. The van der Waals surface area contributed by atoms with Crippen LogP contribution in [0.25, 0.3) is 0 Å². The molecule has 0 aromatic heterocycles. The number of fused-ring (bicyclic) bond motifs is 1. The van der Waals surface area contributed by atoms with Crippen LogP contribution in [0.3, 0.4) is 0 Å². The van der Waals surface area contributed by atoms with Gasteiger partial charge in [-0.2, -0.15) is 0 Å². The Morgan fingerprint density at radius 2 is 2.33 bits per heavy atom. The van der Waals surface area contributed by atoms with Gasteiger partial charge in [0.2, 0.25) is 0 Å². The van der Waals surface area contributed by atoms with E-state index in [1.807, 2.05) is 12.1 Å². The maximum absolute atomic E-state index is 6.36. The summed E-state index contributed by atoms with van der Waals surface area (Å²) >= 11 is 3.50. The van der Waals surface area contributed by atoms with Gasteiger partial charge >= 0.3 is 0 Å². The minimum Gasteiger partial charge on any atom is -0.486 e. The van der Waals surface area contributed by atoms with E-state index in [1.54, 1.807) is 0 Å². The SMILES string of the molecule is CC1CNCCC12C[C@H](N)c1cc(Br)ccc1O2. The number of halogens is 1. The summed E-state index contributed by atoms with van der Waals surface area (Å²) in [6.45, 7) is 4.28. The molecule has 0 saturated carbocycles. The number of hydrogen-bond acceptors (Lipinski definition) is 3. The number of rotatable bonds is 0. The molecule has 2 heterocycles. The van der Waals surface area contributed by atoms with E-state index < -0.39 is 0 Å². The molecule has 3 N–H and O–H groups in total. The summed E-state index contributed by atoms with van der Waals surface area (Å²) in [7, 11) is 0. The first-order valence-electron chi connectivity index (χ1n) is 6.55. The standard InChI is InChI=1S/C14H19BrN2O/c1-9-8-17-5-4-14(9)7-12(16)11-6-10(15)2-3-13(11)18-14/h2-3,6,9,12,17H,4-5,7-8,16H2,1H3/t9?,12-,14?/m0/s1. The third-order valence-electron chi connectivity index (χ3n) is 4.32. The summed E-state index contributed by atoms with van der Waals surface area (Å²) < 4.78 is 7.42. The molecule has 1 fully saturated rings. The Kier molecular flexibility index (Phi) is 3.12. The minimum atomic E-state index is -0.0779. The lowest BCUT2D eigenvalue weighted by Crippen LogP contribution is -2.55. The Balaban J connectivity index is 1.98. The summed E-state index contributed by atoms with van der Waals surface area (Å²) in [4.78, 5) is 0. The Morgan fingerprint density at radius 3 is 3.11 bits per heavy atom. The largest absolute Gasteiger partial charge is 0.486 e. The van der Waals surface area contributed by atoms with Crippen LogP contribution in [0.5, 0.6) is 5.75 Å². The number of piperidine rings is 1. The second kappa shape index (κ2) is 4.51. The molecule has 98 valence electrons. The third kappa shape index (κ3) is 1.96. The summed E-state index contributed by atoms with van der Waals surface area (Å²) in [5, 5.41) is 3.43. The van der Waals surface area contributed by atoms with E-state index in [2.05, 4.69) is 34.2 Å². The molecule has 0 radical (unpaired) electrons. The Morgan fingerprint density at radius 1 is 1.50 bits per heavy atom. The fourth-order valence-corrected chi connectivity index (χ4v) is 3.53. The number of ether oxygens (including phenoxy) is 1. The molecular formula is C14H19BrN2O. The molecule has 3 nitrogen and oxygen atoms in total. The molecule has 1 saturated heterocycles. The third-order valence-corrected chi connectivity index (χ3v) is 4.82. The zero-order valence-electron chi connectivity index (χ0n) is 10.6. The molecule has 0 amide bonds. The zero-order chi connectivity index (χ0) is 12.8. The van der Waals surface area contributed by atoms with Gasteiger partial charge in [0.05, 0.1) is 0 Å². The van der Waals surface area contributed by atoms with Gasteiger partial charge in [-0.05, 0) is 31.2 Å². The quantitative estimate of drug-likeness (QED) is 0.774. The van der Waals surface area contributed by atoms with Gasteiger partial charge < -0.3 is 15.8 Å². The van der Waals surface area contributed by atoms with Crippen LogP contribution in [0.4, 0.5) is 0 Å². The van der Waals surface area contributed by atoms with Gasteiger partial charge in [0.15, 0.2) is 0 Å². The molecule has 3 atom stereocenters. The first kappa shape index (κ1) is 12.5. The Labute approximate surface area is 116 Å². The highest BCUT2D eigenvalue weighted by Gasteiger charge is 2.45. The lowest BCUT2D eigenvalue weighted by atomic mass is 9.75. The predicted molar refractivity (Wildman–Crippen MR) is 75.7 cm³/mol. The topological polar surface area (TPSA) is 47.3 Å². The van der Waals surface area contributed by atoms with Crippen molar-refractivity contribution in [1.82, 2.24) is 5.32 Å². The van der Waals surface area contributed by atoms with Crippen molar-refractivity contribution in [2.45, 2.75) is 31.4 Å². The van der Waals surface area contributed by atoms with Crippen LogP contribution in [0.1, 0.15) is 31.4 Å². The fourth-order valence-electron chi connectivity index (χ4n) is 3.15. The Hall–Kier alpha value is -0.580. The van der Waals surface area contributed by atoms with Crippen molar-refractivity contribution in [1.29, 1.82) is 0 Å². The van der Waals surface area contributed by atoms with Crippen LogP contribution in [0.2, 0.25) is 0 Å². The van der Waals surface area contributed by atoms with Gasteiger partial charge in [-0.3, -0.25) is 0 Å². The first-order valence-corrected chi connectivity index (χ1v) is 7.35. The average molecular weight is 311 g/mol. The monoisotopic (exact) mass is 310 g/mol. The summed E-state index contributed by atoms with van der Waals surface area (Å²) in [5.41, 5.74) is 7.41. The molecule has 1 aromatic rings. The lowest BCUT2D eigenvalue weighted by Gasteiger charge is -2.47. The van der Waals surface area contributed by atoms with E-state index in [9.17, 15) is 0 Å². The molecule has 2 aliphatic heterocycles. The van der Waals surface area contributed by atoms with Gasteiger partial charge in [0.25, 0.3) is 0 Å². The smallest absolute Gasteiger partial charge is 0.125 e. The Bertz CT molecular complexity index is 465. The number of benzene rings is 1. The number of nitrogens with one attached hydrogen (secondary N) is 1. The van der Waals surface area contributed by atoms with E-state index in [-0.39, 0.29) is 11.6 Å². The van der Waals surface area contributed by atoms with Crippen LogP contribution in [0.15, 0.2) is 22.7 Å². The van der Waals surface area contributed by atoms with Gasteiger partial charge in [0.1, 0.15) is 11.4 Å². The van der Waals surface area contributed by atoms with Crippen LogP contribution < -0.4 is 15.8 Å². The first-order chi connectivity index (χ1) is 8.61. The van der Waals surface area contributed by atoms with Crippen molar-refractivity contribution >= 4 is 15.9 Å². The maximum Gasteiger partial charge on any atom is 0.125 e. The number of hydrogen-bond donors (Lipinski definition) is 2. The minimum absolute atomic E-state index is 0.0757. The molecule has 3 rings (SSSR count).